The fraction of sp³-hybridized carbons (Fsp3) is 0.400. The Balaban J connectivity index is 2.53. The number of ether oxygens (including phenoxy) is 1. The number of carbonyl (C=O) groups excluding carboxylic acids is 2. The van der Waals surface area contributed by atoms with Gasteiger partial charge in [-0.15, -0.1) is 0 Å². The Labute approximate surface area is 133 Å². The Hall–Kier alpha value is -1.69. The summed E-state index contributed by atoms with van der Waals surface area (Å²) in [7, 11) is 1.58. The molecule has 114 valence electrons. The van der Waals surface area contributed by atoms with Crippen molar-refractivity contribution in [3.63, 3.8) is 0 Å². The predicted octanol–water partition coefficient (Wildman–Crippen LogP) is 2.70. The number of hydrazone groups is 1. The molecule has 0 aliphatic heterocycles. The number of rotatable bonds is 6. The average Bonchev–Trinajstić information content (AvgIpc) is 2.46. The van der Waals surface area contributed by atoms with E-state index < -0.39 is 0 Å². The third kappa shape index (κ3) is 6.08. The van der Waals surface area contributed by atoms with Crippen LogP contribution in [0.15, 0.2) is 27.8 Å². The molecule has 0 aromatic heterocycles. The van der Waals surface area contributed by atoms with Gasteiger partial charge in [0.25, 0.3) is 0 Å². The number of likely N-dealkylation sites (N-methyl/N-ethyl adjacent to an activating group) is 1. The van der Waals surface area contributed by atoms with Crippen molar-refractivity contribution in [2.24, 2.45) is 5.10 Å². The Kier molecular flexibility index (Phi) is 7.08. The number of amides is 1. The number of nitrogens with zero attached hydrogens (tertiary/aromatic N) is 2. The van der Waals surface area contributed by atoms with Crippen LogP contribution in [0.3, 0.4) is 0 Å². The highest BCUT2D eigenvalue weighted by Gasteiger charge is 2.10. The molecule has 5 nitrogen and oxygen atoms in total. The molecular formula is C15H19BrN2O3. The minimum atomic E-state index is -0.291. The zero-order chi connectivity index (χ0) is 15.8. The number of aryl methyl sites for hydroxylation is 1. The van der Waals surface area contributed by atoms with Gasteiger partial charge in [-0.25, -0.2) is 5.01 Å². The normalized spacial score (nSPS) is 10.7. The fourth-order valence-electron chi connectivity index (χ4n) is 1.56. The Bertz CT molecular complexity index is 544. The van der Waals surface area contributed by atoms with Crippen LogP contribution < -0.4 is 0 Å². The van der Waals surface area contributed by atoms with Crippen molar-refractivity contribution in [3.8, 4) is 0 Å². The van der Waals surface area contributed by atoms with E-state index in [4.69, 9.17) is 4.74 Å². The first-order chi connectivity index (χ1) is 9.93. The molecule has 0 aliphatic rings. The SMILES string of the molecule is CCC(=O)OC/C=N/N(C)C(=O)Cc1cc(Br)ccc1C. The number of halogens is 1. The maximum absolute atomic E-state index is 12.0. The Morgan fingerprint density at radius 3 is 2.81 bits per heavy atom. The second kappa shape index (κ2) is 8.56. The van der Waals surface area contributed by atoms with Crippen molar-refractivity contribution in [2.45, 2.75) is 26.7 Å². The summed E-state index contributed by atoms with van der Waals surface area (Å²) < 4.78 is 5.78. The summed E-state index contributed by atoms with van der Waals surface area (Å²) in [5, 5.41) is 5.20. The molecule has 1 rings (SSSR count). The minimum Gasteiger partial charge on any atom is -0.460 e. The van der Waals surface area contributed by atoms with Gasteiger partial charge in [0.1, 0.15) is 6.61 Å². The molecule has 0 saturated heterocycles. The number of hydrogen-bond acceptors (Lipinski definition) is 4. The lowest BCUT2D eigenvalue weighted by atomic mass is 10.1. The molecule has 0 fully saturated rings. The largest absolute Gasteiger partial charge is 0.460 e. The molecule has 0 spiro atoms. The van der Waals surface area contributed by atoms with E-state index in [1.165, 1.54) is 11.2 Å². The lowest BCUT2D eigenvalue weighted by Gasteiger charge is -2.12. The van der Waals surface area contributed by atoms with Crippen LogP contribution in [0.4, 0.5) is 0 Å². The lowest BCUT2D eigenvalue weighted by molar-refractivity contribution is -0.141. The molecule has 0 saturated carbocycles. The van der Waals surface area contributed by atoms with E-state index in [9.17, 15) is 9.59 Å². The lowest BCUT2D eigenvalue weighted by Crippen LogP contribution is -2.24. The highest BCUT2D eigenvalue weighted by Crippen LogP contribution is 2.17. The molecule has 0 N–H and O–H groups in total. The minimum absolute atomic E-state index is 0.0696. The van der Waals surface area contributed by atoms with Gasteiger partial charge in [-0.3, -0.25) is 9.59 Å². The summed E-state index contributed by atoms with van der Waals surface area (Å²) in [6.07, 6.45) is 2.00. The Morgan fingerprint density at radius 1 is 1.43 bits per heavy atom. The van der Waals surface area contributed by atoms with E-state index in [0.29, 0.717) is 6.42 Å². The second-order valence-electron chi connectivity index (χ2n) is 4.50. The molecular weight excluding hydrogens is 336 g/mol. The molecule has 1 aromatic rings. The zero-order valence-electron chi connectivity index (χ0n) is 12.4. The summed E-state index contributed by atoms with van der Waals surface area (Å²) in [5.74, 6) is -0.422. The van der Waals surface area contributed by atoms with Gasteiger partial charge in [0.2, 0.25) is 5.91 Å². The van der Waals surface area contributed by atoms with Gasteiger partial charge in [-0.1, -0.05) is 28.9 Å². The molecule has 0 atom stereocenters. The van der Waals surface area contributed by atoms with Crippen molar-refractivity contribution in [2.75, 3.05) is 13.7 Å². The van der Waals surface area contributed by atoms with Crippen LogP contribution in [0.25, 0.3) is 0 Å². The van der Waals surface area contributed by atoms with Crippen LogP contribution in [0.5, 0.6) is 0 Å². The van der Waals surface area contributed by atoms with Crippen molar-refractivity contribution in [1.29, 1.82) is 0 Å². The monoisotopic (exact) mass is 354 g/mol. The molecule has 1 amide bonds. The molecule has 1 aromatic carbocycles. The van der Waals surface area contributed by atoms with Gasteiger partial charge in [0.15, 0.2) is 0 Å². The van der Waals surface area contributed by atoms with E-state index in [1.54, 1.807) is 14.0 Å². The van der Waals surface area contributed by atoms with E-state index >= 15 is 0 Å². The number of esters is 1. The first kappa shape index (κ1) is 17.4. The summed E-state index contributed by atoms with van der Waals surface area (Å²) in [6, 6.07) is 5.82. The van der Waals surface area contributed by atoms with Gasteiger partial charge in [-0.2, -0.15) is 5.10 Å². The summed E-state index contributed by atoms with van der Waals surface area (Å²) in [6.45, 7) is 3.75. The maximum Gasteiger partial charge on any atom is 0.305 e. The summed E-state index contributed by atoms with van der Waals surface area (Å²) >= 11 is 3.39. The van der Waals surface area contributed by atoms with Gasteiger partial charge in [0.05, 0.1) is 12.6 Å². The van der Waals surface area contributed by atoms with E-state index in [0.717, 1.165) is 15.6 Å². The van der Waals surface area contributed by atoms with Crippen molar-refractivity contribution >= 4 is 34.0 Å². The van der Waals surface area contributed by atoms with Crippen LogP contribution in [0.1, 0.15) is 24.5 Å². The van der Waals surface area contributed by atoms with E-state index in [-0.39, 0.29) is 24.9 Å². The summed E-state index contributed by atoms with van der Waals surface area (Å²) in [4.78, 5) is 23.0. The van der Waals surface area contributed by atoms with Gasteiger partial charge in [-0.05, 0) is 30.2 Å². The van der Waals surface area contributed by atoms with E-state index in [2.05, 4.69) is 21.0 Å². The highest BCUT2D eigenvalue weighted by atomic mass is 79.9. The molecule has 0 unspecified atom stereocenters. The number of hydrogen-bond donors (Lipinski definition) is 0. The molecule has 0 heterocycles. The predicted molar refractivity (Wildman–Crippen MR) is 85.1 cm³/mol. The van der Waals surface area contributed by atoms with Crippen molar-refractivity contribution in [3.05, 3.63) is 33.8 Å². The summed E-state index contributed by atoms with van der Waals surface area (Å²) in [5.41, 5.74) is 2.01. The number of benzene rings is 1. The standard InChI is InChI=1S/C15H19BrN2O3/c1-4-15(20)21-8-7-17-18(3)14(19)10-12-9-13(16)6-5-11(12)2/h5-7,9H,4,8,10H2,1-3H3/b17-7+. The maximum atomic E-state index is 12.0. The second-order valence-corrected chi connectivity index (χ2v) is 5.42. The average molecular weight is 355 g/mol. The third-order valence-corrected chi connectivity index (χ3v) is 3.37. The molecule has 6 heteroatoms. The smallest absolute Gasteiger partial charge is 0.305 e. The molecule has 21 heavy (non-hydrogen) atoms. The van der Waals surface area contributed by atoms with Crippen LogP contribution >= 0.6 is 15.9 Å². The first-order valence-electron chi connectivity index (χ1n) is 6.63. The topological polar surface area (TPSA) is 59.0 Å². The molecule has 0 aliphatic carbocycles. The highest BCUT2D eigenvalue weighted by molar-refractivity contribution is 9.10. The van der Waals surface area contributed by atoms with Crippen LogP contribution in [-0.2, 0) is 20.7 Å². The van der Waals surface area contributed by atoms with Gasteiger partial charge < -0.3 is 4.74 Å². The van der Waals surface area contributed by atoms with Crippen LogP contribution in [0.2, 0.25) is 0 Å². The Morgan fingerprint density at radius 2 is 2.14 bits per heavy atom. The third-order valence-electron chi connectivity index (χ3n) is 2.88. The number of carbonyl (C=O) groups is 2. The molecule has 0 bridgehead atoms. The zero-order valence-corrected chi connectivity index (χ0v) is 14.0. The van der Waals surface area contributed by atoms with Crippen molar-refractivity contribution < 1.29 is 14.3 Å². The van der Waals surface area contributed by atoms with Crippen molar-refractivity contribution in [1.82, 2.24) is 5.01 Å². The first-order valence-corrected chi connectivity index (χ1v) is 7.43. The van der Waals surface area contributed by atoms with Crippen LogP contribution in [0, 0.1) is 6.92 Å². The van der Waals surface area contributed by atoms with Gasteiger partial charge in [0, 0.05) is 17.9 Å². The van der Waals surface area contributed by atoms with Crippen LogP contribution in [-0.4, -0.2) is 36.8 Å². The van der Waals surface area contributed by atoms with E-state index in [1.807, 2.05) is 25.1 Å². The molecule has 0 radical (unpaired) electrons. The quantitative estimate of drug-likeness (QED) is 0.448. The fourth-order valence-corrected chi connectivity index (χ4v) is 1.97. The van der Waals surface area contributed by atoms with Gasteiger partial charge >= 0.3 is 5.97 Å².